The van der Waals surface area contributed by atoms with Crippen molar-refractivity contribution >= 4 is 11.8 Å². The fourth-order valence-corrected chi connectivity index (χ4v) is 1.65. The van der Waals surface area contributed by atoms with Crippen LogP contribution in [-0.2, 0) is 0 Å². The fraction of sp³-hybridized carbons (Fsp3) is 0.125. The lowest BCUT2D eigenvalue weighted by atomic mass is 10.1. The number of allylic oxidation sites excluding steroid dienone is 3. The fourth-order valence-electron chi connectivity index (χ4n) is 1.65. The maximum atomic E-state index is 10.9. The van der Waals surface area contributed by atoms with Crippen LogP contribution >= 0.6 is 0 Å². The molecule has 1 aliphatic heterocycles. The highest BCUT2D eigenvalue weighted by Gasteiger charge is 2.25. The van der Waals surface area contributed by atoms with Crippen LogP contribution in [0.3, 0.4) is 0 Å². The molecule has 2 N–H and O–H groups in total. The Kier molecular flexibility index (Phi) is 6.13. The van der Waals surface area contributed by atoms with Gasteiger partial charge in [-0.3, -0.25) is 14.9 Å². The van der Waals surface area contributed by atoms with E-state index >= 15 is 0 Å². The number of rotatable bonds is 4. The molecule has 1 heterocycles. The average Bonchev–Trinajstić information content (AvgIpc) is 2.75. The Morgan fingerprint density at radius 2 is 1.70 bits per heavy atom. The van der Waals surface area contributed by atoms with Gasteiger partial charge >= 0.3 is 0 Å². The highest BCUT2D eigenvalue weighted by atomic mass is 16.3. The number of carbonyl (C=O) groups excluding carboxylic acids is 2. The molecule has 2 rings (SSSR count). The second-order valence-electron chi connectivity index (χ2n) is 3.98. The maximum absolute atomic E-state index is 10.9. The molecule has 2 amide bonds. The van der Waals surface area contributed by atoms with Gasteiger partial charge in [0.05, 0.1) is 11.1 Å². The number of fused-ring (bicyclic) bond motifs is 1. The third-order valence-electron chi connectivity index (χ3n) is 2.64. The van der Waals surface area contributed by atoms with Crippen LogP contribution in [0.5, 0.6) is 0 Å². The van der Waals surface area contributed by atoms with Gasteiger partial charge in [0.15, 0.2) is 0 Å². The van der Waals surface area contributed by atoms with Gasteiger partial charge in [-0.05, 0) is 24.1 Å². The van der Waals surface area contributed by atoms with Gasteiger partial charge in [0.25, 0.3) is 11.8 Å². The van der Waals surface area contributed by atoms with Gasteiger partial charge in [-0.2, -0.15) is 0 Å². The van der Waals surface area contributed by atoms with Gasteiger partial charge < -0.3 is 5.11 Å². The van der Waals surface area contributed by atoms with Crippen molar-refractivity contribution in [1.82, 2.24) is 5.32 Å². The largest absolute Gasteiger partial charge is 0.396 e. The molecular weight excluding hydrogens is 254 g/mol. The number of benzene rings is 1. The van der Waals surface area contributed by atoms with Crippen LogP contribution in [0.4, 0.5) is 0 Å². The molecule has 4 heteroatoms. The molecule has 104 valence electrons. The van der Waals surface area contributed by atoms with Gasteiger partial charge in [0.2, 0.25) is 0 Å². The van der Waals surface area contributed by atoms with E-state index in [1.54, 1.807) is 36.4 Å². The van der Waals surface area contributed by atoms with Crippen molar-refractivity contribution in [2.45, 2.75) is 6.42 Å². The Hall–Kier alpha value is -2.46. The van der Waals surface area contributed by atoms with Gasteiger partial charge in [-0.1, -0.05) is 43.5 Å². The van der Waals surface area contributed by atoms with E-state index in [9.17, 15) is 9.59 Å². The first-order valence-electron chi connectivity index (χ1n) is 6.13. The molecule has 1 aromatic carbocycles. The van der Waals surface area contributed by atoms with Crippen molar-refractivity contribution in [3.8, 4) is 0 Å². The summed E-state index contributed by atoms with van der Waals surface area (Å²) in [5.41, 5.74) is 1.96. The molecule has 0 atom stereocenters. The highest BCUT2D eigenvalue weighted by molar-refractivity contribution is 6.21. The highest BCUT2D eigenvalue weighted by Crippen LogP contribution is 2.13. The lowest BCUT2D eigenvalue weighted by Gasteiger charge is -1.93. The predicted molar refractivity (Wildman–Crippen MR) is 78.4 cm³/mol. The molecule has 1 aliphatic rings. The third kappa shape index (κ3) is 4.03. The molecule has 1 aromatic rings. The zero-order valence-corrected chi connectivity index (χ0v) is 11.1. The lowest BCUT2D eigenvalue weighted by Crippen LogP contribution is -2.19. The quantitative estimate of drug-likeness (QED) is 0.652. The Morgan fingerprint density at radius 1 is 1.15 bits per heavy atom. The third-order valence-corrected chi connectivity index (χ3v) is 2.64. The summed E-state index contributed by atoms with van der Waals surface area (Å²) >= 11 is 0. The number of amides is 2. The SMILES string of the molecule is C=C/C=C(\C=C)CCO.O=C1NC(=O)c2ccccc21. The summed E-state index contributed by atoms with van der Waals surface area (Å²) in [6, 6.07) is 6.74. The van der Waals surface area contributed by atoms with Crippen molar-refractivity contribution in [3.05, 3.63) is 72.4 Å². The van der Waals surface area contributed by atoms with E-state index in [2.05, 4.69) is 18.5 Å². The summed E-state index contributed by atoms with van der Waals surface area (Å²) in [6.45, 7) is 7.27. The van der Waals surface area contributed by atoms with E-state index in [1.807, 2.05) is 6.08 Å². The van der Waals surface area contributed by atoms with E-state index in [0.717, 1.165) is 5.57 Å². The van der Waals surface area contributed by atoms with Crippen molar-refractivity contribution in [2.75, 3.05) is 6.61 Å². The Balaban J connectivity index is 0.000000206. The smallest absolute Gasteiger partial charge is 0.258 e. The number of aliphatic hydroxyl groups is 1. The molecule has 0 spiro atoms. The molecule has 0 unspecified atom stereocenters. The van der Waals surface area contributed by atoms with Gasteiger partial charge in [0.1, 0.15) is 0 Å². The summed E-state index contributed by atoms with van der Waals surface area (Å²) in [6.07, 6.45) is 5.91. The number of carbonyl (C=O) groups is 2. The molecule has 0 saturated carbocycles. The van der Waals surface area contributed by atoms with Crippen molar-refractivity contribution in [1.29, 1.82) is 0 Å². The second kappa shape index (κ2) is 7.86. The van der Waals surface area contributed by atoms with Gasteiger partial charge in [-0.15, -0.1) is 0 Å². The molecule has 0 aromatic heterocycles. The predicted octanol–water partition coefficient (Wildman–Crippen LogP) is 2.24. The van der Waals surface area contributed by atoms with Crippen molar-refractivity contribution in [2.24, 2.45) is 0 Å². The minimum absolute atomic E-state index is 0.172. The molecule has 20 heavy (non-hydrogen) atoms. The van der Waals surface area contributed by atoms with Crippen LogP contribution < -0.4 is 5.32 Å². The van der Waals surface area contributed by atoms with E-state index in [0.29, 0.717) is 17.5 Å². The zero-order valence-electron chi connectivity index (χ0n) is 11.1. The standard InChI is InChI=1S/C8H5NO2.C8H12O/c10-7-5-3-1-2-4-6(5)8(11)9-7;1-3-5-8(4-2)6-7-9/h1-4H,(H,9,10,11);3-5,9H,1-2,6-7H2/b;8-5+. The molecule has 0 aliphatic carbocycles. The molecule has 0 radical (unpaired) electrons. The van der Waals surface area contributed by atoms with Crippen molar-refractivity contribution in [3.63, 3.8) is 0 Å². The second-order valence-corrected chi connectivity index (χ2v) is 3.98. The average molecular weight is 271 g/mol. The summed E-state index contributed by atoms with van der Waals surface area (Å²) in [5.74, 6) is -0.601. The minimum atomic E-state index is -0.300. The first-order valence-corrected chi connectivity index (χ1v) is 6.13. The number of nitrogens with one attached hydrogen (secondary N) is 1. The van der Waals surface area contributed by atoms with E-state index in [1.165, 1.54) is 0 Å². The van der Waals surface area contributed by atoms with Gasteiger partial charge in [0, 0.05) is 6.61 Å². The molecule has 0 saturated heterocycles. The monoisotopic (exact) mass is 271 g/mol. The summed E-state index contributed by atoms with van der Waals surface area (Å²) in [4.78, 5) is 21.9. The summed E-state index contributed by atoms with van der Waals surface area (Å²) in [5, 5.41) is 10.7. The topological polar surface area (TPSA) is 66.4 Å². The van der Waals surface area contributed by atoms with Crippen LogP contribution in [0.1, 0.15) is 27.1 Å². The zero-order chi connectivity index (χ0) is 15.0. The number of aliphatic hydroxyl groups excluding tert-OH is 1. The molecule has 0 bridgehead atoms. The molecule has 0 fully saturated rings. The Morgan fingerprint density at radius 3 is 2.10 bits per heavy atom. The first-order chi connectivity index (χ1) is 9.63. The lowest BCUT2D eigenvalue weighted by molar-refractivity contribution is 0.0879. The van der Waals surface area contributed by atoms with E-state index < -0.39 is 0 Å². The van der Waals surface area contributed by atoms with Crippen LogP contribution in [0.2, 0.25) is 0 Å². The number of imide groups is 1. The molecule has 4 nitrogen and oxygen atoms in total. The normalized spacial score (nSPS) is 12.9. The number of hydrogen-bond donors (Lipinski definition) is 2. The first kappa shape index (κ1) is 15.6. The maximum Gasteiger partial charge on any atom is 0.258 e. The number of hydrogen-bond acceptors (Lipinski definition) is 3. The van der Waals surface area contributed by atoms with Crippen LogP contribution in [0.25, 0.3) is 0 Å². The summed E-state index contributed by atoms with van der Waals surface area (Å²) in [7, 11) is 0. The van der Waals surface area contributed by atoms with E-state index in [-0.39, 0.29) is 18.4 Å². The van der Waals surface area contributed by atoms with Crippen molar-refractivity contribution < 1.29 is 14.7 Å². The minimum Gasteiger partial charge on any atom is -0.396 e. The van der Waals surface area contributed by atoms with Gasteiger partial charge in [-0.25, -0.2) is 0 Å². The van der Waals surface area contributed by atoms with Crippen LogP contribution in [-0.4, -0.2) is 23.5 Å². The van der Waals surface area contributed by atoms with Crippen LogP contribution in [0.15, 0.2) is 61.2 Å². The Labute approximate surface area is 118 Å². The van der Waals surface area contributed by atoms with Crippen LogP contribution in [0, 0.1) is 0 Å². The van der Waals surface area contributed by atoms with E-state index in [4.69, 9.17) is 5.11 Å². The molecular formula is C16H17NO3. The Bertz CT molecular complexity index is 526. The summed E-state index contributed by atoms with van der Waals surface area (Å²) < 4.78 is 0.